The van der Waals surface area contributed by atoms with Gasteiger partial charge in [-0.2, -0.15) is 0 Å². The number of fused-ring (bicyclic) bond motifs is 3. The monoisotopic (exact) mass is 223 g/mol. The number of rotatable bonds is 0. The second-order valence-corrected chi connectivity index (χ2v) is 5.09. The van der Waals surface area contributed by atoms with Gasteiger partial charge < -0.3 is 0 Å². The van der Waals surface area contributed by atoms with Crippen LogP contribution in [0.5, 0.6) is 0 Å². The molecule has 0 bridgehead atoms. The zero-order valence-corrected chi connectivity index (χ0v) is 10.9. The highest BCUT2D eigenvalue weighted by Crippen LogP contribution is 2.40. The summed E-state index contributed by atoms with van der Waals surface area (Å²) in [6.45, 7) is 8.62. The number of hydrogen-bond acceptors (Lipinski definition) is 1. The summed E-state index contributed by atoms with van der Waals surface area (Å²) in [6.07, 6.45) is 1.05. The van der Waals surface area contributed by atoms with Crippen molar-refractivity contribution in [1.29, 1.82) is 0 Å². The van der Waals surface area contributed by atoms with Crippen molar-refractivity contribution in [3.05, 3.63) is 51.8 Å². The first kappa shape index (κ1) is 10.5. The Hall–Kier alpha value is -1.63. The van der Waals surface area contributed by atoms with E-state index < -0.39 is 0 Å². The van der Waals surface area contributed by atoms with Gasteiger partial charge in [0.05, 0.1) is 0 Å². The van der Waals surface area contributed by atoms with Gasteiger partial charge in [0, 0.05) is 17.8 Å². The van der Waals surface area contributed by atoms with Gasteiger partial charge >= 0.3 is 0 Å². The summed E-state index contributed by atoms with van der Waals surface area (Å²) in [6, 6.07) is 6.72. The van der Waals surface area contributed by atoms with Crippen molar-refractivity contribution in [2.45, 2.75) is 34.1 Å². The van der Waals surface area contributed by atoms with E-state index in [9.17, 15) is 0 Å². The standard InChI is InChI=1S/C16H17N/c1-9-5-6-13-14(11(9)3)8-15-12(4)17-10(2)7-16(13)15/h5-7H,8H2,1-4H3. The van der Waals surface area contributed by atoms with Gasteiger partial charge in [0.25, 0.3) is 0 Å². The van der Waals surface area contributed by atoms with Gasteiger partial charge in [-0.15, -0.1) is 0 Å². The average Bonchev–Trinajstić information content (AvgIpc) is 2.63. The summed E-state index contributed by atoms with van der Waals surface area (Å²) in [5.41, 5.74) is 10.9. The van der Waals surface area contributed by atoms with Crippen LogP contribution < -0.4 is 0 Å². The zero-order valence-electron chi connectivity index (χ0n) is 10.9. The predicted octanol–water partition coefficient (Wildman–Crippen LogP) is 3.89. The molecule has 0 atom stereocenters. The second-order valence-electron chi connectivity index (χ2n) is 5.09. The summed E-state index contributed by atoms with van der Waals surface area (Å²) in [5.74, 6) is 0. The molecule has 1 nitrogen and oxygen atoms in total. The molecule has 0 N–H and O–H groups in total. The van der Waals surface area contributed by atoms with Gasteiger partial charge in [-0.3, -0.25) is 4.98 Å². The van der Waals surface area contributed by atoms with E-state index in [1.807, 2.05) is 0 Å². The topological polar surface area (TPSA) is 12.9 Å². The summed E-state index contributed by atoms with van der Waals surface area (Å²) in [4.78, 5) is 4.58. The fourth-order valence-electron chi connectivity index (χ4n) is 2.85. The highest BCUT2D eigenvalue weighted by Gasteiger charge is 2.22. The van der Waals surface area contributed by atoms with Crippen LogP contribution in [0.15, 0.2) is 18.2 Å². The maximum absolute atomic E-state index is 4.58. The second kappa shape index (κ2) is 3.43. The lowest BCUT2D eigenvalue weighted by Gasteiger charge is -2.07. The minimum absolute atomic E-state index is 1.05. The van der Waals surface area contributed by atoms with Gasteiger partial charge in [-0.05, 0) is 67.1 Å². The molecule has 0 amide bonds. The fourth-order valence-corrected chi connectivity index (χ4v) is 2.85. The average molecular weight is 223 g/mol. The lowest BCUT2D eigenvalue weighted by molar-refractivity contribution is 1.06. The fraction of sp³-hybridized carbons (Fsp3) is 0.312. The lowest BCUT2D eigenvalue weighted by atomic mass is 9.98. The summed E-state index contributed by atoms with van der Waals surface area (Å²) >= 11 is 0. The molecular weight excluding hydrogens is 206 g/mol. The molecule has 1 aromatic heterocycles. The molecule has 86 valence electrons. The SMILES string of the molecule is Cc1cc2c(c(C)n1)Cc1c-2ccc(C)c1C. The van der Waals surface area contributed by atoms with Crippen LogP contribution in [0.4, 0.5) is 0 Å². The van der Waals surface area contributed by atoms with Gasteiger partial charge in [-0.25, -0.2) is 0 Å². The Bertz CT molecular complexity index is 624. The van der Waals surface area contributed by atoms with Crippen molar-refractivity contribution in [1.82, 2.24) is 4.98 Å². The van der Waals surface area contributed by atoms with Crippen molar-refractivity contribution in [3.63, 3.8) is 0 Å². The van der Waals surface area contributed by atoms with E-state index in [2.05, 4.69) is 50.9 Å². The third-order valence-corrected chi connectivity index (χ3v) is 3.97. The third kappa shape index (κ3) is 1.42. The smallest absolute Gasteiger partial charge is 0.0417 e. The van der Waals surface area contributed by atoms with E-state index in [0.717, 1.165) is 12.1 Å². The zero-order chi connectivity index (χ0) is 12.2. The Morgan fingerprint density at radius 2 is 1.71 bits per heavy atom. The Balaban J connectivity index is 2.32. The van der Waals surface area contributed by atoms with Crippen LogP contribution in [0.3, 0.4) is 0 Å². The summed E-state index contributed by atoms with van der Waals surface area (Å²) in [7, 11) is 0. The molecule has 0 aliphatic heterocycles. The Kier molecular flexibility index (Phi) is 2.12. The number of hydrogen-bond donors (Lipinski definition) is 0. The van der Waals surface area contributed by atoms with Crippen molar-refractivity contribution >= 4 is 0 Å². The molecule has 0 saturated carbocycles. The van der Waals surface area contributed by atoms with E-state index in [1.54, 1.807) is 0 Å². The van der Waals surface area contributed by atoms with Gasteiger partial charge in [0.15, 0.2) is 0 Å². The normalized spacial score (nSPS) is 12.5. The first-order chi connectivity index (χ1) is 8.08. The summed E-state index contributed by atoms with van der Waals surface area (Å²) in [5, 5.41) is 0. The van der Waals surface area contributed by atoms with Crippen molar-refractivity contribution in [2.24, 2.45) is 0 Å². The predicted molar refractivity (Wildman–Crippen MR) is 71.4 cm³/mol. The van der Waals surface area contributed by atoms with E-state index >= 15 is 0 Å². The van der Waals surface area contributed by atoms with E-state index in [1.165, 1.54) is 39.1 Å². The number of nitrogens with zero attached hydrogens (tertiary/aromatic N) is 1. The van der Waals surface area contributed by atoms with Crippen molar-refractivity contribution in [2.75, 3.05) is 0 Å². The molecule has 0 fully saturated rings. The van der Waals surface area contributed by atoms with Crippen LogP contribution in [-0.2, 0) is 6.42 Å². The Morgan fingerprint density at radius 3 is 2.47 bits per heavy atom. The van der Waals surface area contributed by atoms with Crippen LogP contribution in [0.2, 0.25) is 0 Å². The minimum atomic E-state index is 1.05. The maximum Gasteiger partial charge on any atom is 0.0417 e. The van der Waals surface area contributed by atoms with E-state index in [-0.39, 0.29) is 0 Å². The molecule has 1 heterocycles. The molecule has 1 aliphatic rings. The van der Waals surface area contributed by atoms with E-state index in [4.69, 9.17) is 0 Å². The number of aryl methyl sites for hydroxylation is 3. The highest BCUT2D eigenvalue weighted by molar-refractivity contribution is 5.79. The number of benzene rings is 1. The summed E-state index contributed by atoms with van der Waals surface area (Å²) < 4.78 is 0. The molecule has 1 aromatic carbocycles. The number of pyridine rings is 1. The first-order valence-electron chi connectivity index (χ1n) is 6.14. The van der Waals surface area contributed by atoms with Crippen molar-refractivity contribution in [3.8, 4) is 11.1 Å². The quantitative estimate of drug-likeness (QED) is 0.563. The first-order valence-corrected chi connectivity index (χ1v) is 6.14. The van der Waals surface area contributed by atoms with Gasteiger partial charge in [-0.1, -0.05) is 12.1 Å². The van der Waals surface area contributed by atoms with Crippen molar-refractivity contribution < 1.29 is 0 Å². The molecule has 3 rings (SSSR count). The van der Waals surface area contributed by atoms with Crippen LogP contribution in [0.1, 0.15) is 33.6 Å². The molecule has 0 saturated heterocycles. The maximum atomic E-state index is 4.58. The molecule has 2 aromatic rings. The Labute approximate surface area is 103 Å². The number of aromatic nitrogens is 1. The van der Waals surface area contributed by atoms with Crippen LogP contribution in [-0.4, -0.2) is 4.98 Å². The van der Waals surface area contributed by atoms with Crippen LogP contribution >= 0.6 is 0 Å². The lowest BCUT2D eigenvalue weighted by Crippen LogP contribution is -1.93. The molecule has 0 spiro atoms. The molecule has 1 aliphatic carbocycles. The van der Waals surface area contributed by atoms with Crippen LogP contribution in [0, 0.1) is 27.7 Å². The van der Waals surface area contributed by atoms with Gasteiger partial charge in [0.1, 0.15) is 0 Å². The molecule has 1 heteroatoms. The molecular formula is C16H17N. The highest BCUT2D eigenvalue weighted by atomic mass is 14.7. The molecule has 0 radical (unpaired) electrons. The molecule has 0 unspecified atom stereocenters. The third-order valence-electron chi connectivity index (χ3n) is 3.97. The minimum Gasteiger partial charge on any atom is -0.258 e. The Morgan fingerprint density at radius 1 is 0.941 bits per heavy atom. The largest absolute Gasteiger partial charge is 0.258 e. The molecule has 17 heavy (non-hydrogen) atoms. The van der Waals surface area contributed by atoms with Crippen LogP contribution in [0.25, 0.3) is 11.1 Å². The van der Waals surface area contributed by atoms with E-state index in [0.29, 0.717) is 0 Å². The van der Waals surface area contributed by atoms with Gasteiger partial charge in [0.2, 0.25) is 0 Å².